The zero-order valence-electron chi connectivity index (χ0n) is 7.42. The van der Waals surface area contributed by atoms with Crippen LogP contribution >= 0.6 is 12.2 Å². The van der Waals surface area contributed by atoms with Crippen molar-refractivity contribution >= 4 is 12.2 Å². The minimum atomic E-state index is 0.122. The summed E-state index contributed by atoms with van der Waals surface area (Å²) in [5, 5.41) is 0. The summed E-state index contributed by atoms with van der Waals surface area (Å²) in [6, 6.07) is 4.01. The van der Waals surface area contributed by atoms with Gasteiger partial charge in [-0.3, -0.25) is 0 Å². The predicted octanol–water partition coefficient (Wildman–Crippen LogP) is 2.46. The van der Waals surface area contributed by atoms with Gasteiger partial charge < -0.3 is 10.7 Å². The molecule has 12 heavy (non-hydrogen) atoms. The van der Waals surface area contributed by atoms with E-state index >= 15 is 0 Å². The van der Waals surface area contributed by atoms with E-state index in [2.05, 4.69) is 11.9 Å². The van der Waals surface area contributed by atoms with Crippen molar-refractivity contribution in [2.45, 2.75) is 26.3 Å². The van der Waals surface area contributed by atoms with E-state index in [0.29, 0.717) is 0 Å². The molecular formula is C9H14N2S. The Morgan fingerprint density at radius 2 is 2.25 bits per heavy atom. The molecule has 3 N–H and O–H groups in total. The van der Waals surface area contributed by atoms with Crippen molar-refractivity contribution in [1.82, 2.24) is 4.98 Å². The third-order valence-corrected chi connectivity index (χ3v) is 2.24. The SMILES string of the molecule is CC[C@@H](N)c1ccc(=S)[nH]c1C. The van der Waals surface area contributed by atoms with Crippen LogP contribution < -0.4 is 5.73 Å². The number of rotatable bonds is 2. The molecule has 0 spiro atoms. The summed E-state index contributed by atoms with van der Waals surface area (Å²) >= 11 is 4.99. The molecule has 0 aliphatic rings. The predicted molar refractivity (Wildman–Crippen MR) is 53.6 cm³/mol. The number of H-pyrrole nitrogens is 1. The van der Waals surface area contributed by atoms with Crippen molar-refractivity contribution in [3.63, 3.8) is 0 Å². The van der Waals surface area contributed by atoms with E-state index in [1.165, 1.54) is 0 Å². The fourth-order valence-electron chi connectivity index (χ4n) is 1.21. The topological polar surface area (TPSA) is 41.8 Å². The van der Waals surface area contributed by atoms with Crippen LogP contribution in [0.2, 0.25) is 0 Å². The van der Waals surface area contributed by atoms with Crippen LogP contribution in [0, 0.1) is 11.6 Å². The molecule has 0 radical (unpaired) electrons. The maximum Gasteiger partial charge on any atom is 0.103 e. The highest BCUT2D eigenvalue weighted by atomic mass is 32.1. The van der Waals surface area contributed by atoms with Crippen molar-refractivity contribution in [1.29, 1.82) is 0 Å². The van der Waals surface area contributed by atoms with E-state index in [0.717, 1.165) is 22.3 Å². The zero-order chi connectivity index (χ0) is 9.14. The van der Waals surface area contributed by atoms with Gasteiger partial charge >= 0.3 is 0 Å². The molecule has 0 aromatic carbocycles. The third-order valence-electron chi connectivity index (χ3n) is 2.00. The molecule has 1 rings (SSSR count). The molecule has 0 fully saturated rings. The molecule has 1 aromatic heterocycles. The number of aryl methyl sites for hydroxylation is 1. The zero-order valence-corrected chi connectivity index (χ0v) is 8.24. The maximum atomic E-state index is 5.89. The molecule has 0 amide bonds. The molecule has 0 saturated heterocycles. The van der Waals surface area contributed by atoms with Crippen molar-refractivity contribution in [2.75, 3.05) is 0 Å². The summed E-state index contributed by atoms with van der Waals surface area (Å²) in [6.07, 6.45) is 0.950. The number of hydrogen-bond donors (Lipinski definition) is 2. The van der Waals surface area contributed by atoms with E-state index in [1.54, 1.807) is 0 Å². The number of pyridine rings is 1. The van der Waals surface area contributed by atoms with Crippen LogP contribution in [-0.2, 0) is 0 Å². The first kappa shape index (κ1) is 9.42. The summed E-state index contributed by atoms with van der Waals surface area (Å²) in [5.74, 6) is 0. The van der Waals surface area contributed by atoms with Gasteiger partial charge in [0.2, 0.25) is 0 Å². The van der Waals surface area contributed by atoms with Gasteiger partial charge in [0.25, 0.3) is 0 Å². The van der Waals surface area contributed by atoms with Crippen molar-refractivity contribution in [3.8, 4) is 0 Å². The molecule has 0 unspecified atom stereocenters. The lowest BCUT2D eigenvalue weighted by atomic mass is 10.0. The van der Waals surface area contributed by atoms with Crippen molar-refractivity contribution < 1.29 is 0 Å². The quantitative estimate of drug-likeness (QED) is 0.690. The fraction of sp³-hybridized carbons (Fsp3) is 0.444. The lowest BCUT2D eigenvalue weighted by Crippen LogP contribution is -2.10. The lowest BCUT2D eigenvalue weighted by molar-refractivity contribution is 0.688. The number of nitrogens with one attached hydrogen (secondary N) is 1. The Balaban J connectivity index is 3.09. The monoisotopic (exact) mass is 182 g/mol. The largest absolute Gasteiger partial charge is 0.350 e. The Bertz CT molecular complexity index is 317. The highest BCUT2D eigenvalue weighted by Crippen LogP contribution is 2.15. The van der Waals surface area contributed by atoms with Gasteiger partial charge in [-0.05, 0) is 25.0 Å². The first-order valence-corrected chi connectivity index (χ1v) is 4.51. The highest BCUT2D eigenvalue weighted by molar-refractivity contribution is 7.71. The maximum absolute atomic E-state index is 5.89. The highest BCUT2D eigenvalue weighted by Gasteiger charge is 2.05. The molecule has 0 aliphatic heterocycles. The lowest BCUT2D eigenvalue weighted by Gasteiger charge is -2.11. The molecule has 0 aliphatic carbocycles. The second-order valence-electron chi connectivity index (χ2n) is 2.92. The minimum Gasteiger partial charge on any atom is -0.350 e. The Morgan fingerprint density at radius 1 is 1.58 bits per heavy atom. The minimum absolute atomic E-state index is 0.122. The smallest absolute Gasteiger partial charge is 0.103 e. The van der Waals surface area contributed by atoms with E-state index in [1.807, 2.05) is 19.1 Å². The third kappa shape index (κ3) is 1.93. The van der Waals surface area contributed by atoms with Crippen LogP contribution in [0.4, 0.5) is 0 Å². The summed E-state index contributed by atoms with van der Waals surface area (Å²) in [7, 11) is 0. The fourth-order valence-corrected chi connectivity index (χ4v) is 1.43. The van der Waals surface area contributed by atoms with E-state index in [-0.39, 0.29) is 6.04 Å². The molecule has 0 bridgehead atoms. The van der Waals surface area contributed by atoms with Gasteiger partial charge in [0, 0.05) is 11.7 Å². The van der Waals surface area contributed by atoms with Crippen molar-refractivity contribution in [2.24, 2.45) is 5.73 Å². The van der Waals surface area contributed by atoms with Crippen LogP contribution in [0.5, 0.6) is 0 Å². The molecule has 1 heterocycles. The molecular weight excluding hydrogens is 168 g/mol. The summed E-state index contributed by atoms with van der Waals surface area (Å²) < 4.78 is 0.763. The average Bonchev–Trinajstić information content (AvgIpc) is 2.03. The molecule has 3 heteroatoms. The van der Waals surface area contributed by atoms with Gasteiger partial charge in [-0.2, -0.15) is 0 Å². The number of aromatic amines is 1. The normalized spacial score (nSPS) is 12.9. The second kappa shape index (κ2) is 3.83. The van der Waals surface area contributed by atoms with Gasteiger partial charge in [0.05, 0.1) is 0 Å². The second-order valence-corrected chi connectivity index (χ2v) is 3.36. The van der Waals surface area contributed by atoms with Crippen LogP contribution in [-0.4, -0.2) is 4.98 Å². The summed E-state index contributed by atoms with van der Waals surface area (Å²) in [5.41, 5.74) is 8.13. The Kier molecular flexibility index (Phi) is 3.00. The van der Waals surface area contributed by atoms with E-state index < -0.39 is 0 Å². The van der Waals surface area contributed by atoms with Gasteiger partial charge in [-0.15, -0.1) is 0 Å². The van der Waals surface area contributed by atoms with Gasteiger partial charge in [0.1, 0.15) is 4.64 Å². The average molecular weight is 182 g/mol. The van der Waals surface area contributed by atoms with Crippen LogP contribution in [0.1, 0.15) is 30.6 Å². The number of nitrogens with two attached hydrogens (primary N) is 1. The molecule has 1 aromatic rings. The summed E-state index contributed by atoms with van der Waals surface area (Å²) in [6.45, 7) is 4.08. The Labute approximate surface area is 77.8 Å². The van der Waals surface area contributed by atoms with E-state index in [9.17, 15) is 0 Å². The molecule has 0 saturated carbocycles. The number of hydrogen-bond acceptors (Lipinski definition) is 2. The Hall–Kier alpha value is -0.670. The van der Waals surface area contributed by atoms with Gasteiger partial charge in [-0.25, -0.2) is 0 Å². The van der Waals surface area contributed by atoms with Crippen LogP contribution in [0.15, 0.2) is 12.1 Å². The summed E-state index contributed by atoms with van der Waals surface area (Å²) in [4.78, 5) is 3.09. The standard InChI is InChI=1S/C9H14N2S/c1-3-8(10)7-4-5-9(12)11-6(7)2/h4-5,8H,3,10H2,1-2H3,(H,11,12)/t8-/m1/s1. The van der Waals surface area contributed by atoms with Gasteiger partial charge in [0.15, 0.2) is 0 Å². The van der Waals surface area contributed by atoms with Crippen LogP contribution in [0.25, 0.3) is 0 Å². The Morgan fingerprint density at radius 3 is 2.75 bits per heavy atom. The van der Waals surface area contributed by atoms with Crippen LogP contribution in [0.3, 0.4) is 0 Å². The molecule has 1 atom stereocenters. The van der Waals surface area contributed by atoms with Gasteiger partial charge in [-0.1, -0.05) is 25.2 Å². The first-order chi connectivity index (χ1) is 5.65. The first-order valence-electron chi connectivity index (χ1n) is 4.10. The molecule has 66 valence electrons. The van der Waals surface area contributed by atoms with E-state index in [4.69, 9.17) is 18.0 Å². The molecule has 2 nitrogen and oxygen atoms in total. The number of aromatic nitrogens is 1. The van der Waals surface area contributed by atoms with Crippen molar-refractivity contribution in [3.05, 3.63) is 28.0 Å².